The monoisotopic (exact) mass is 594 g/mol. The Bertz CT molecular complexity index is 1190. The minimum atomic E-state index is -1.60. The molecule has 0 radical (unpaired) electrons. The zero-order chi connectivity index (χ0) is 30.1. The Morgan fingerprint density at radius 3 is 1.50 bits per heavy atom. The minimum Gasteiger partial charge on any atom is -0.493 e. The predicted molar refractivity (Wildman–Crippen MR) is 144 cm³/mol. The number of benzene rings is 2. The van der Waals surface area contributed by atoms with Crippen LogP contribution in [0.3, 0.4) is 0 Å². The fraction of sp³-hybridized carbons (Fsp3) is 0.586. The topological polar surface area (TPSA) is 164 Å². The van der Waals surface area contributed by atoms with Gasteiger partial charge >= 0.3 is 0 Å². The molecule has 5 rings (SSSR count). The van der Waals surface area contributed by atoms with Crippen molar-refractivity contribution in [2.24, 2.45) is 11.8 Å². The summed E-state index contributed by atoms with van der Waals surface area (Å²) in [6, 6.07) is 7.28. The Morgan fingerprint density at radius 2 is 1.10 bits per heavy atom. The van der Waals surface area contributed by atoms with Gasteiger partial charge in [0.05, 0.1) is 67.6 Å². The van der Waals surface area contributed by atoms with E-state index in [1.807, 2.05) is 12.1 Å². The Hall–Kier alpha value is -3.04. The van der Waals surface area contributed by atoms with E-state index in [1.54, 1.807) is 33.5 Å². The Labute approximate surface area is 243 Å². The normalized spacial score (nSPS) is 32.3. The van der Waals surface area contributed by atoms with Crippen molar-refractivity contribution in [1.82, 2.24) is 0 Å². The lowest BCUT2D eigenvalue weighted by Crippen LogP contribution is -2.60. The van der Waals surface area contributed by atoms with Crippen LogP contribution in [-0.4, -0.2) is 107 Å². The van der Waals surface area contributed by atoms with E-state index in [0.29, 0.717) is 30.5 Å². The fourth-order valence-corrected chi connectivity index (χ4v) is 5.96. The molecule has 3 heterocycles. The predicted octanol–water partition coefficient (Wildman–Crippen LogP) is 0.984. The van der Waals surface area contributed by atoms with Crippen LogP contribution in [0.1, 0.15) is 23.3 Å². The molecule has 0 bridgehead atoms. The van der Waals surface area contributed by atoms with Gasteiger partial charge in [0.1, 0.15) is 24.4 Å². The van der Waals surface area contributed by atoms with Gasteiger partial charge in [0.25, 0.3) is 0 Å². The Balaban J connectivity index is 1.40. The van der Waals surface area contributed by atoms with Crippen LogP contribution in [0.2, 0.25) is 0 Å². The summed E-state index contributed by atoms with van der Waals surface area (Å²) < 4.78 is 51.8. The first-order valence-corrected chi connectivity index (χ1v) is 13.6. The smallest absolute Gasteiger partial charge is 0.229 e. The molecule has 42 heavy (non-hydrogen) atoms. The summed E-state index contributed by atoms with van der Waals surface area (Å²) in [4.78, 5) is 0. The van der Waals surface area contributed by atoms with E-state index < -0.39 is 37.3 Å². The van der Waals surface area contributed by atoms with Crippen molar-refractivity contribution in [3.05, 3.63) is 35.4 Å². The fourth-order valence-electron chi connectivity index (χ4n) is 5.96. The first-order valence-electron chi connectivity index (χ1n) is 13.6. The maximum absolute atomic E-state index is 10.5. The third kappa shape index (κ3) is 5.30. The van der Waals surface area contributed by atoms with Crippen LogP contribution in [0.5, 0.6) is 34.5 Å². The lowest BCUT2D eigenvalue weighted by molar-refractivity contribution is -0.277. The SMILES string of the molecule is COc1cc(C2OCC3C(c4cc(OC)c(O[C@@H]5O[C@H](CO)[C@@H](O)[C@@H](O)[C@H]5O)c(OC)c4)OCC23)cc(OC)c1OC. The van der Waals surface area contributed by atoms with Gasteiger partial charge in [-0.05, 0) is 35.4 Å². The molecule has 0 aliphatic carbocycles. The van der Waals surface area contributed by atoms with Gasteiger partial charge in [-0.25, -0.2) is 0 Å². The van der Waals surface area contributed by atoms with Gasteiger partial charge in [0.15, 0.2) is 23.0 Å². The van der Waals surface area contributed by atoms with E-state index >= 15 is 0 Å². The maximum atomic E-state index is 10.5. The molecular formula is C29H38O13. The van der Waals surface area contributed by atoms with E-state index in [-0.39, 0.29) is 41.3 Å². The highest BCUT2D eigenvalue weighted by molar-refractivity contribution is 5.56. The molecule has 2 aromatic carbocycles. The quantitative estimate of drug-likeness (QED) is 0.308. The standard InChI is InChI=1S/C29H38O13/c1-34-17-6-13(7-18(35-2)27(17)38-5)25-15-11-40-26(16(15)12-39-25)14-8-19(36-3)28(20(9-14)37-4)42-29-24(33)23(32)22(31)21(10-30)41-29/h6-9,15-16,21-26,29-33H,10-12H2,1-5H3/t15?,16?,21-,22-,23-,24-,25?,26?,29+/m1/s1. The molecule has 3 saturated heterocycles. The van der Waals surface area contributed by atoms with Gasteiger partial charge in [-0.3, -0.25) is 0 Å². The molecule has 13 nitrogen and oxygen atoms in total. The van der Waals surface area contributed by atoms with Crippen LogP contribution >= 0.6 is 0 Å². The first-order chi connectivity index (χ1) is 20.3. The Morgan fingerprint density at radius 1 is 0.643 bits per heavy atom. The molecule has 0 aromatic heterocycles. The van der Waals surface area contributed by atoms with E-state index in [2.05, 4.69) is 0 Å². The molecule has 3 fully saturated rings. The van der Waals surface area contributed by atoms with Crippen LogP contribution < -0.4 is 28.4 Å². The van der Waals surface area contributed by atoms with Gasteiger partial charge in [-0.1, -0.05) is 0 Å². The second-order valence-electron chi connectivity index (χ2n) is 10.4. The average Bonchev–Trinajstić information content (AvgIpc) is 3.63. The van der Waals surface area contributed by atoms with Gasteiger partial charge in [0, 0.05) is 11.8 Å². The van der Waals surface area contributed by atoms with Gasteiger partial charge in [-0.2, -0.15) is 0 Å². The molecule has 3 aliphatic heterocycles. The lowest BCUT2D eigenvalue weighted by atomic mass is 9.84. The molecule has 9 atom stereocenters. The number of methoxy groups -OCH3 is 5. The van der Waals surface area contributed by atoms with Crippen LogP contribution in [0.15, 0.2) is 24.3 Å². The summed E-state index contributed by atoms with van der Waals surface area (Å²) in [6.07, 6.45) is -7.85. The third-order valence-electron chi connectivity index (χ3n) is 8.17. The Kier molecular flexibility index (Phi) is 9.18. The second-order valence-corrected chi connectivity index (χ2v) is 10.4. The molecule has 0 spiro atoms. The van der Waals surface area contributed by atoms with Crippen molar-refractivity contribution < 1.29 is 63.1 Å². The molecular weight excluding hydrogens is 556 g/mol. The number of hydrogen-bond acceptors (Lipinski definition) is 13. The molecule has 13 heteroatoms. The summed E-state index contributed by atoms with van der Waals surface area (Å²) in [7, 11) is 7.60. The molecule has 4 unspecified atom stereocenters. The van der Waals surface area contributed by atoms with Crippen molar-refractivity contribution in [2.75, 3.05) is 55.4 Å². The van der Waals surface area contributed by atoms with Crippen molar-refractivity contribution in [3.63, 3.8) is 0 Å². The summed E-state index contributed by atoms with van der Waals surface area (Å²) >= 11 is 0. The van der Waals surface area contributed by atoms with Gasteiger partial charge in [0.2, 0.25) is 17.8 Å². The van der Waals surface area contributed by atoms with Crippen molar-refractivity contribution >= 4 is 0 Å². The molecule has 0 saturated carbocycles. The van der Waals surface area contributed by atoms with Crippen molar-refractivity contribution in [1.29, 1.82) is 0 Å². The average molecular weight is 595 g/mol. The first kappa shape index (κ1) is 30.4. The highest BCUT2D eigenvalue weighted by Gasteiger charge is 2.49. The molecule has 4 N–H and O–H groups in total. The van der Waals surface area contributed by atoms with Crippen LogP contribution in [0, 0.1) is 11.8 Å². The minimum absolute atomic E-state index is 0.0146. The number of rotatable bonds is 10. The zero-order valence-corrected chi connectivity index (χ0v) is 24.1. The van der Waals surface area contributed by atoms with Crippen molar-refractivity contribution in [3.8, 4) is 34.5 Å². The van der Waals surface area contributed by atoms with Crippen LogP contribution in [0.25, 0.3) is 0 Å². The van der Waals surface area contributed by atoms with E-state index in [1.165, 1.54) is 14.2 Å². The number of aliphatic hydroxyl groups excluding tert-OH is 4. The highest BCUT2D eigenvalue weighted by Crippen LogP contribution is 2.53. The number of aliphatic hydroxyl groups is 4. The summed E-state index contributed by atoms with van der Waals surface area (Å²) in [5, 5.41) is 40.3. The summed E-state index contributed by atoms with van der Waals surface area (Å²) in [5.41, 5.74) is 1.66. The zero-order valence-electron chi connectivity index (χ0n) is 24.1. The largest absolute Gasteiger partial charge is 0.493 e. The third-order valence-corrected chi connectivity index (χ3v) is 8.17. The summed E-state index contributed by atoms with van der Waals surface area (Å²) in [5.74, 6) is 2.30. The lowest BCUT2D eigenvalue weighted by Gasteiger charge is -2.39. The molecule has 2 aromatic rings. The van der Waals surface area contributed by atoms with E-state index in [0.717, 1.165) is 11.1 Å². The van der Waals surface area contributed by atoms with Crippen LogP contribution in [-0.2, 0) is 14.2 Å². The van der Waals surface area contributed by atoms with Crippen LogP contribution in [0.4, 0.5) is 0 Å². The van der Waals surface area contributed by atoms with Gasteiger partial charge < -0.3 is 63.1 Å². The maximum Gasteiger partial charge on any atom is 0.229 e. The summed E-state index contributed by atoms with van der Waals surface area (Å²) in [6.45, 7) is 0.313. The van der Waals surface area contributed by atoms with E-state index in [4.69, 9.17) is 42.6 Å². The van der Waals surface area contributed by atoms with Gasteiger partial charge in [-0.15, -0.1) is 0 Å². The second kappa shape index (κ2) is 12.7. The van der Waals surface area contributed by atoms with E-state index in [9.17, 15) is 20.4 Å². The molecule has 232 valence electrons. The van der Waals surface area contributed by atoms with Crippen molar-refractivity contribution in [2.45, 2.75) is 42.9 Å². The highest BCUT2D eigenvalue weighted by atomic mass is 16.7. The molecule has 0 amide bonds. The molecule has 3 aliphatic rings. The number of hydrogen-bond donors (Lipinski definition) is 4. The number of fused-ring (bicyclic) bond motifs is 1. The number of ether oxygens (including phenoxy) is 9.